The molecule has 1 aliphatic carbocycles. The zero-order valence-electron chi connectivity index (χ0n) is 11.2. The van der Waals surface area contributed by atoms with Gasteiger partial charge in [-0.15, -0.1) is 0 Å². The Morgan fingerprint density at radius 1 is 1.28 bits per heavy atom. The second kappa shape index (κ2) is 5.89. The van der Waals surface area contributed by atoms with Crippen LogP contribution < -0.4 is 0 Å². The predicted octanol–water partition coefficient (Wildman–Crippen LogP) is 2.81. The Bertz CT molecular complexity index is 429. The molecule has 1 aliphatic rings. The van der Waals surface area contributed by atoms with Crippen LogP contribution in [-0.4, -0.2) is 31.7 Å². The average molecular weight is 247 g/mol. The lowest BCUT2D eigenvalue weighted by molar-refractivity contribution is 0.134. The molecule has 1 amide bonds. The Kier molecular flexibility index (Phi) is 4.24. The summed E-state index contributed by atoms with van der Waals surface area (Å²) < 4.78 is 4.68. The van der Waals surface area contributed by atoms with Gasteiger partial charge < -0.3 is 9.64 Å². The van der Waals surface area contributed by atoms with E-state index < -0.39 is 0 Å². The highest BCUT2D eigenvalue weighted by atomic mass is 16.5. The number of likely N-dealkylation sites (N-methyl/N-ethyl adjacent to an activating group) is 1. The van der Waals surface area contributed by atoms with Crippen LogP contribution in [0, 0.1) is 0 Å². The first-order valence-corrected chi connectivity index (χ1v) is 6.60. The summed E-state index contributed by atoms with van der Waals surface area (Å²) in [6.45, 7) is 0.700. The monoisotopic (exact) mass is 247 g/mol. The van der Waals surface area contributed by atoms with E-state index in [1.54, 1.807) is 11.9 Å². The Hall–Kier alpha value is -1.51. The van der Waals surface area contributed by atoms with Crippen LogP contribution in [0.2, 0.25) is 0 Å². The third-order valence-electron chi connectivity index (χ3n) is 3.64. The molecule has 0 bridgehead atoms. The van der Waals surface area contributed by atoms with Gasteiger partial charge in [0.1, 0.15) is 0 Å². The summed E-state index contributed by atoms with van der Waals surface area (Å²) in [4.78, 5) is 12.9. The van der Waals surface area contributed by atoms with Crippen molar-refractivity contribution in [3.8, 4) is 0 Å². The number of ether oxygens (including phenoxy) is 1. The molecule has 0 unspecified atom stereocenters. The van der Waals surface area contributed by atoms with Gasteiger partial charge in [0.2, 0.25) is 0 Å². The second-order valence-electron chi connectivity index (χ2n) is 4.95. The van der Waals surface area contributed by atoms with Crippen molar-refractivity contribution >= 4 is 6.09 Å². The first-order chi connectivity index (χ1) is 8.70. The van der Waals surface area contributed by atoms with Crippen LogP contribution in [0.25, 0.3) is 0 Å². The van der Waals surface area contributed by atoms with Crippen LogP contribution in [0.1, 0.15) is 29.5 Å². The highest BCUT2D eigenvalue weighted by molar-refractivity contribution is 5.66. The molecule has 0 atom stereocenters. The molecule has 1 aromatic rings. The molecule has 0 fully saturated rings. The quantitative estimate of drug-likeness (QED) is 0.822. The standard InChI is InChI=1S/C15H21NO2/c1-16(15(17)18-2)10-9-12-7-8-13-5-3-4-6-14(13)11-12/h7-8,11H,3-6,9-10H2,1-2H3. The number of nitrogens with zero attached hydrogens (tertiary/aromatic N) is 1. The maximum Gasteiger partial charge on any atom is 0.409 e. The zero-order chi connectivity index (χ0) is 13.0. The molecule has 0 spiro atoms. The van der Waals surface area contributed by atoms with Gasteiger partial charge in [-0.05, 0) is 48.8 Å². The molecule has 18 heavy (non-hydrogen) atoms. The van der Waals surface area contributed by atoms with E-state index >= 15 is 0 Å². The van der Waals surface area contributed by atoms with Crippen molar-refractivity contribution in [1.29, 1.82) is 0 Å². The van der Waals surface area contributed by atoms with Gasteiger partial charge >= 0.3 is 6.09 Å². The third-order valence-corrected chi connectivity index (χ3v) is 3.64. The first kappa shape index (κ1) is 12.9. The van der Waals surface area contributed by atoms with E-state index in [4.69, 9.17) is 0 Å². The van der Waals surface area contributed by atoms with Crippen molar-refractivity contribution in [3.05, 3.63) is 34.9 Å². The Labute approximate surface area is 109 Å². The molecule has 2 rings (SSSR count). The largest absolute Gasteiger partial charge is 0.453 e. The number of rotatable bonds is 3. The fourth-order valence-corrected chi connectivity index (χ4v) is 2.49. The van der Waals surface area contributed by atoms with Crippen LogP contribution in [0.15, 0.2) is 18.2 Å². The van der Waals surface area contributed by atoms with E-state index in [1.165, 1.54) is 49.5 Å². The summed E-state index contributed by atoms with van der Waals surface area (Å²) >= 11 is 0. The molecule has 0 saturated heterocycles. The topological polar surface area (TPSA) is 29.5 Å². The highest BCUT2D eigenvalue weighted by Crippen LogP contribution is 2.22. The van der Waals surface area contributed by atoms with Gasteiger partial charge in [-0.25, -0.2) is 4.79 Å². The van der Waals surface area contributed by atoms with Crippen LogP contribution in [-0.2, 0) is 24.0 Å². The Balaban J connectivity index is 1.96. The van der Waals surface area contributed by atoms with Crippen molar-refractivity contribution in [1.82, 2.24) is 4.90 Å². The van der Waals surface area contributed by atoms with Gasteiger partial charge in [-0.2, -0.15) is 0 Å². The summed E-state index contributed by atoms with van der Waals surface area (Å²) in [5.74, 6) is 0. The fraction of sp³-hybridized carbons (Fsp3) is 0.533. The molecule has 0 aromatic heterocycles. The third kappa shape index (κ3) is 3.03. The summed E-state index contributed by atoms with van der Waals surface area (Å²) in [5, 5.41) is 0. The average Bonchev–Trinajstić information content (AvgIpc) is 2.43. The van der Waals surface area contributed by atoms with Gasteiger partial charge in [0, 0.05) is 13.6 Å². The van der Waals surface area contributed by atoms with Gasteiger partial charge in [0.25, 0.3) is 0 Å². The maximum absolute atomic E-state index is 11.3. The SMILES string of the molecule is COC(=O)N(C)CCc1ccc2c(c1)CCCC2. The van der Waals surface area contributed by atoms with Gasteiger partial charge in [0.05, 0.1) is 7.11 Å². The van der Waals surface area contributed by atoms with Crippen molar-refractivity contribution in [2.45, 2.75) is 32.1 Å². The number of methoxy groups -OCH3 is 1. The lowest BCUT2D eigenvalue weighted by Crippen LogP contribution is -2.28. The molecule has 1 aromatic carbocycles. The molecular weight excluding hydrogens is 226 g/mol. The number of fused-ring (bicyclic) bond motifs is 1. The summed E-state index contributed by atoms with van der Waals surface area (Å²) in [6.07, 6.45) is 5.66. The number of benzene rings is 1. The fourth-order valence-electron chi connectivity index (χ4n) is 2.49. The van der Waals surface area contributed by atoms with Crippen LogP contribution in [0.4, 0.5) is 4.79 Å². The summed E-state index contributed by atoms with van der Waals surface area (Å²) in [5.41, 5.74) is 4.32. The molecule has 98 valence electrons. The van der Waals surface area contributed by atoms with E-state index in [0.29, 0.717) is 6.54 Å². The number of carbonyl (C=O) groups is 1. The van der Waals surface area contributed by atoms with Gasteiger partial charge in [-0.3, -0.25) is 0 Å². The normalized spacial score (nSPS) is 13.9. The van der Waals surface area contributed by atoms with Crippen LogP contribution >= 0.6 is 0 Å². The first-order valence-electron chi connectivity index (χ1n) is 6.60. The second-order valence-corrected chi connectivity index (χ2v) is 4.95. The Morgan fingerprint density at radius 3 is 2.72 bits per heavy atom. The molecular formula is C15H21NO2. The number of hydrogen-bond acceptors (Lipinski definition) is 2. The molecule has 0 N–H and O–H groups in total. The van der Waals surface area contributed by atoms with Crippen molar-refractivity contribution in [2.75, 3.05) is 20.7 Å². The number of hydrogen-bond donors (Lipinski definition) is 0. The minimum absolute atomic E-state index is 0.270. The van der Waals surface area contributed by atoms with E-state index in [0.717, 1.165) is 6.42 Å². The zero-order valence-corrected chi connectivity index (χ0v) is 11.2. The van der Waals surface area contributed by atoms with Crippen LogP contribution in [0.5, 0.6) is 0 Å². The van der Waals surface area contributed by atoms with Crippen molar-refractivity contribution in [2.24, 2.45) is 0 Å². The molecule has 0 aliphatic heterocycles. The number of carbonyl (C=O) groups excluding carboxylic acids is 1. The molecule has 0 radical (unpaired) electrons. The van der Waals surface area contributed by atoms with Crippen molar-refractivity contribution < 1.29 is 9.53 Å². The number of aryl methyl sites for hydroxylation is 2. The minimum Gasteiger partial charge on any atom is -0.453 e. The lowest BCUT2D eigenvalue weighted by atomic mass is 9.90. The van der Waals surface area contributed by atoms with E-state index in [1.807, 2.05) is 0 Å². The van der Waals surface area contributed by atoms with E-state index in [2.05, 4.69) is 22.9 Å². The van der Waals surface area contributed by atoms with Crippen molar-refractivity contribution in [3.63, 3.8) is 0 Å². The summed E-state index contributed by atoms with van der Waals surface area (Å²) in [6, 6.07) is 6.75. The molecule has 3 nitrogen and oxygen atoms in total. The lowest BCUT2D eigenvalue weighted by Gasteiger charge is -2.18. The molecule has 0 saturated carbocycles. The van der Waals surface area contributed by atoms with Crippen LogP contribution in [0.3, 0.4) is 0 Å². The molecule has 0 heterocycles. The smallest absolute Gasteiger partial charge is 0.409 e. The minimum atomic E-state index is -0.270. The predicted molar refractivity (Wildman–Crippen MR) is 71.8 cm³/mol. The summed E-state index contributed by atoms with van der Waals surface area (Å²) in [7, 11) is 3.18. The van der Waals surface area contributed by atoms with E-state index in [-0.39, 0.29) is 6.09 Å². The molecule has 3 heteroatoms. The van der Waals surface area contributed by atoms with Gasteiger partial charge in [0.15, 0.2) is 0 Å². The Morgan fingerprint density at radius 2 is 2.00 bits per heavy atom. The maximum atomic E-state index is 11.3. The highest BCUT2D eigenvalue weighted by Gasteiger charge is 2.11. The van der Waals surface area contributed by atoms with E-state index in [9.17, 15) is 4.79 Å². The van der Waals surface area contributed by atoms with Gasteiger partial charge in [-0.1, -0.05) is 18.2 Å². The number of amides is 1.